The minimum atomic E-state index is -0.717. The van der Waals surface area contributed by atoms with Gasteiger partial charge in [0.25, 0.3) is 5.91 Å². The van der Waals surface area contributed by atoms with Crippen molar-refractivity contribution in [1.82, 2.24) is 5.32 Å². The summed E-state index contributed by atoms with van der Waals surface area (Å²) in [5.74, 6) is 0.199. The summed E-state index contributed by atoms with van der Waals surface area (Å²) < 4.78 is 10.2. The molecule has 0 aliphatic rings. The third-order valence-electron chi connectivity index (χ3n) is 2.41. The fraction of sp³-hybridized carbons (Fsp3) is 0.462. The predicted molar refractivity (Wildman–Crippen MR) is 72.5 cm³/mol. The van der Waals surface area contributed by atoms with E-state index in [1.807, 2.05) is 0 Å². The molecule has 1 atom stereocenters. The second-order valence-electron chi connectivity index (χ2n) is 3.99. The summed E-state index contributed by atoms with van der Waals surface area (Å²) in [6.07, 6.45) is -0.717. The summed E-state index contributed by atoms with van der Waals surface area (Å²) in [5.41, 5.74) is 0.553. The van der Waals surface area contributed by atoms with Gasteiger partial charge in [-0.1, -0.05) is 11.6 Å². The van der Waals surface area contributed by atoms with Crippen molar-refractivity contribution >= 4 is 17.5 Å². The number of amides is 1. The molecule has 2 N–H and O–H groups in total. The van der Waals surface area contributed by atoms with Crippen molar-refractivity contribution in [2.45, 2.75) is 13.0 Å². The lowest BCUT2D eigenvalue weighted by molar-refractivity contribution is -0.123. The fourth-order valence-corrected chi connectivity index (χ4v) is 1.64. The molecule has 0 saturated heterocycles. The van der Waals surface area contributed by atoms with Gasteiger partial charge in [0.05, 0.1) is 12.7 Å². The Balaban J connectivity index is 2.55. The molecule has 1 aromatic rings. The Labute approximate surface area is 117 Å². The Kier molecular flexibility index (Phi) is 6.62. The Morgan fingerprint density at radius 1 is 1.53 bits per heavy atom. The molecule has 5 nitrogen and oxygen atoms in total. The van der Waals surface area contributed by atoms with Crippen molar-refractivity contribution in [2.75, 3.05) is 26.9 Å². The summed E-state index contributed by atoms with van der Waals surface area (Å²) in [5, 5.41) is 12.8. The molecule has 1 rings (SSSR count). The van der Waals surface area contributed by atoms with Gasteiger partial charge in [0.15, 0.2) is 6.61 Å². The molecular weight excluding hydrogens is 270 g/mol. The molecule has 0 radical (unpaired) electrons. The summed E-state index contributed by atoms with van der Waals surface area (Å²) >= 11 is 5.85. The van der Waals surface area contributed by atoms with Crippen LogP contribution in [0.25, 0.3) is 0 Å². The number of hydrogen-bond donors (Lipinski definition) is 2. The number of methoxy groups -OCH3 is 1. The van der Waals surface area contributed by atoms with Crippen molar-refractivity contribution in [2.24, 2.45) is 0 Å². The SMILES string of the molecule is COCCNC(=O)COc1ccc(Cl)cc1[C@@H](C)O. The molecule has 6 heteroatoms. The Morgan fingerprint density at radius 2 is 2.26 bits per heavy atom. The first kappa shape index (κ1) is 15.8. The predicted octanol–water partition coefficient (Wildman–Crippen LogP) is 1.53. The Bertz CT molecular complexity index is 423. The van der Waals surface area contributed by atoms with Gasteiger partial charge in [-0.25, -0.2) is 0 Å². The van der Waals surface area contributed by atoms with Gasteiger partial charge in [-0.3, -0.25) is 4.79 Å². The van der Waals surface area contributed by atoms with Crippen LogP contribution in [0, 0.1) is 0 Å². The van der Waals surface area contributed by atoms with Crippen LogP contribution in [0.2, 0.25) is 5.02 Å². The summed E-state index contributed by atoms with van der Waals surface area (Å²) in [7, 11) is 1.56. The van der Waals surface area contributed by atoms with Crippen LogP contribution in [0.4, 0.5) is 0 Å². The van der Waals surface area contributed by atoms with Gasteiger partial charge in [0.1, 0.15) is 5.75 Å². The van der Waals surface area contributed by atoms with Gasteiger partial charge in [-0.15, -0.1) is 0 Å². The average molecular weight is 288 g/mol. The standard InChI is InChI=1S/C13H18ClNO4/c1-9(16)11-7-10(14)3-4-12(11)19-8-13(17)15-5-6-18-2/h3-4,7,9,16H,5-6,8H2,1-2H3,(H,15,17)/t9-/m1/s1. The maximum absolute atomic E-state index is 11.5. The monoisotopic (exact) mass is 287 g/mol. The molecule has 1 amide bonds. The van der Waals surface area contributed by atoms with E-state index in [4.69, 9.17) is 21.1 Å². The van der Waals surface area contributed by atoms with Crippen molar-refractivity contribution in [3.8, 4) is 5.75 Å². The lowest BCUT2D eigenvalue weighted by Crippen LogP contribution is -2.31. The lowest BCUT2D eigenvalue weighted by atomic mass is 10.1. The number of ether oxygens (including phenoxy) is 2. The number of nitrogens with one attached hydrogen (secondary N) is 1. The highest BCUT2D eigenvalue weighted by molar-refractivity contribution is 6.30. The lowest BCUT2D eigenvalue weighted by Gasteiger charge is -2.13. The zero-order chi connectivity index (χ0) is 14.3. The van der Waals surface area contributed by atoms with E-state index in [0.717, 1.165) is 0 Å². The van der Waals surface area contributed by atoms with Crippen molar-refractivity contribution in [3.63, 3.8) is 0 Å². The summed E-state index contributed by atoms with van der Waals surface area (Å²) in [6, 6.07) is 4.89. The van der Waals surface area contributed by atoms with E-state index < -0.39 is 6.10 Å². The van der Waals surface area contributed by atoms with E-state index >= 15 is 0 Å². The molecule has 0 aromatic heterocycles. The van der Waals surface area contributed by atoms with Crippen LogP contribution in [0.1, 0.15) is 18.6 Å². The third kappa shape index (κ3) is 5.46. The first-order valence-electron chi connectivity index (χ1n) is 5.90. The number of carbonyl (C=O) groups excluding carboxylic acids is 1. The van der Waals surface area contributed by atoms with Crippen LogP contribution in [0.15, 0.2) is 18.2 Å². The zero-order valence-electron chi connectivity index (χ0n) is 11.0. The van der Waals surface area contributed by atoms with Gasteiger partial charge >= 0.3 is 0 Å². The van der Waals surface area contributed by atoms with Crippen LogP contribution in [-0.4, -0.2) is 37.9 Å². The molecule has 0 aliphatic carbocycles. The number of aliphatic hydroxyl groups is 1. The van der Waals surface area contributed by atoms with Crippen LogP contribution in [0.5, 0.6) is 5.75 Å². The van der Waals surface area contributed by atoms with E-state index in [0.29, 0.717) is 29.5 Å². The number of hydrogen-bond acceptors (Lipinski definition) is 4. The maximum atomic E-state index is 11.5. The van der Waals surface area contributed by atoms with Gasteiger partial charge in [0.2, 0.25) is 0 Å². The van der Waals surface area contributed by atoms with Gasteiger partial charge in [-0.2, -0.15) is 0 Å². The molecular formula is C13H18ClNO4. The average Bonchev–Trinajstić information content (AvgIpc) is 2.37. The first-order valence-corrected chi connectivity index (χ1v) is 6.28. The normalized spacial score (nSPS) is 12.0. The summed E-state index contributed by atoms with van der Waals surface area (Å²) in [4.78, 5) is 11.5. The van der Waals surface area contributed by atoms with Crippen molar-refractivity contribution < 1.29 is 19.4 Å². The van der Waals surface area contributed by atoms with E-state index in [9.17, 15) is 9.90 Å². The maximum Gasteiger partial charge on any atom is 0.258 e. The molecule has 106 valence electrons. The van der Waals surface area contributed by atoms with Crippen molar-refractivity contribution in [3.05, 3.63) is 28.8 Å². The van der Waals surface area contributed by atoms with E-state index in [1.54, 1.807) is 32.2 Å². The first-order chi connectivity index (χ1) is 9.04. The fourth-order valence-electron chi connectivity index (χ4n) is 1.46. The molecule has 0 heterocycles. The molecule has 19 heavy (non-hydrogen) atoms. The molecule has 1 aromatic carbocycles. The molecule has 0 fully saturated rings. The number of benzene rings is 1. The molecule has 0 saturated carbocycles. The number of halogens is 1. The highest BCUT2D eigenvalue weighted by atomic mass is 35.5. The minimum absolute atomic E-state index is 0.120. The second-order valence-corrected chi connectivity index (χ2v) is 4.43. The number of aliphatic hydroxyl groups excluding tert-OH is 1. The molecule has 0 spiro atoms. The Morgan fingerprint density at radius 3 is 2.89 bits per heavy atom. The van der Waals surface area contributed by atoms with E-state index in [1.165, 1.54) is 0 Å². The zero-order valence-corrected chi connectivity index (χ0v) is 11.7. The van der Waals surface area contributed by atoms with Gasteiger partial charge in [-0.05, 0) is 25.1 Å². The van der Waals surface area contributed by atoms with E-state index in [2.05, 4.69) is 5.32 Å². The smallest absolute Gasteiger partial charge is 0.258 e. The van der Waals surface area contributed by atoms with Crippen LogP contribution >= 0.6 is 11.6 Å². The second kappa shape index (κ2) is 7.99. The highest BCUT2D eigenvalue weighted by Crippen LogP contribution is 2.28. The molecule has 0 unspecified atom stereocenters. The highest BCUT2D eigenvalue weighted by Gasteiger charge is 2.11. The van der Waals surface area contributed by atoms with Crippen LogP contribution < -0.4 is 10.1 Å². The number of carbonyl (C=O) groups is 1. The molecule has 0 aliphatic heterocycles. The largest absolute Gasteiger partial charge is 0.483 e. The number of rotatable bonds is 7. The topological polar surface area (TPSA) is 67.8 Å². The van der Waals surface area contributed by atoms with Gasteiger partial charge < -0.3 is 19.9 Å². The van der Waals surface area contributed by atoms with Crippen LogP contribution in [0.3, 0.4) is 0 Å². The van der Waals surface area contributed by atoms with E-state index in [-0.39, 0.29) is 12.5 Å². The summed E-state index contributed by atoms with van der Waals surface area (Å²) in [6.45, 7) is 2.37. The van der Waals surface area contributed by atoms with Crippen LogP contribution in [-0.2, 0) is 9.53 Å². The van der Waals surface area contributed by atoms with Gasteiger partial charge in [0, 0.05) is 24.2 Å². The quantitative estimate of drug-likeness (QED) is 0.747. The Hall–Kier alpha value is -1.30. The minimum Gasteiger partial charge on any atom is -0.483 e. The van der Waals surface area contributed by atoms with Crippen molar-refractivity contribution in [1.29, 1.82) is 0 Å². The third-order valence-corrected chi connectivity index (χ3v) is 2.64. The molecule has 0 bridgehead atoms.